The average molecular weight is 386 g/mol. The smallest absolute Gasteiger partial charge is 0.545 e. The number of methoxy groups -OCH3 is 2. The van der Waals surface area contributed by atoms with E-state index in [0.29, 0.717) is 12.2 Å². The molecule has 0 radical (unpaired) electrons. The zero-order valence-corrected chi connectivity index (χ0v) is 16.1. The second-order valence-electron chi connectivity index (χ2n) is 3.63. The first kappa shape index (κ1) is 28.3. The Hall–Kier alpha value is -1.46. The number of ether oxygens (including phenoxy) is 4. The third-order valence-corrected chi connectivity index (χ3v) is 1.77. The molecule has 10 nitrogen and oxygen atoms in total. The summed E-state index contributed by atoms with van der Waals surface area (Å²) in [5.41, 5.74) is 0. The molecule has 0 atom stereocenters. The Morgan fingerprint density at radius 2 is 1.00 bits per heavy atom. The van der Waals surface area contributed by atoms with Crippen LogP contribution in [0.2, 0.25) is 0 Å². The van der Waals surface area contributed by atoms with Crippen molar-refractivity contribution in [1.82, 2.24) is 0 Å². The van der Waals surface area contributed by atoms with Gasteiger partial charge in [0.25, 0.3) is 0 Å². The van der Waals surface area contributed by atoms with Crippen molar-refractivity contribution in [2.24, 2.45) is 0 Å². The topological polar surface area (TPSA) is 151 Å². The van der Waals surface area contributed by atoms with E-state index in [4.69, 9.17) is 0 Å². The molecule has 0 saturated carbocycles. The van der Waals surface area contributed by atoms with E-state index in [0.717, 1.165) is 12.2 Å². The van der Waals surface area contributed by atoms with Gasteiger partial charge in [-0.1, -0.05) is 0 Å². The SMILES string of the molecule is COCCOC(=O)/C=C\C(=O)[O-].COCCOC(=O)/C=C\C(=O)[O-].[Ca+2]. The number of aliphatic carboxylic acids is 2. The summed E-state index contributed by atoms with van der Waals surface area (Å²) in [6, 6.07) is 0. The van der Waals surface area contributed by atoms with Crippen LogP contribution in [-0.2, 0) is 38.1 Å². The third-order valence-electron chi connectivity index (χ3n) is 1.77. The maximum Gasteiger partial charge on any atom is 2.00 e. The standard InChI is InChI=1S/2C7H10O5.Ca/c2*1-11-4-5-12-7(10)3-2-6(8)9;/h2*2-3H,4-5H2,1H3,(H,8,9);/q;;+2/p-2/b2*3-2-;. The van der Waals surface area contributed by atoms with Crippen molar-refractivity contribution in [1.29, 1.82) is 0 Å². The van der Waals surface area contributed by atoms with Crippen molar-refractivity contribution in [3.05, 3.63) is 24.3 Å². The summed E-state index contributed by atoms with van der Waals surface area (Å²) < 4.78 is 18.2. The number of rotatable bonds is 10. The van der Waals surface area contributed by atoms with E-state index < -0.39 is 23.9 Å². The fourth-order valence-electron chi connectivity index (χ4n) is 0.820. The molecule has 0 amide bonds. The van der Waals surface area contributed by atoms with E-state index in [1.165, 1.54) is 14.2 Å². The van der Waals surface area contributed by atoms with Gasteiger partial charge in [0.15, 0.2) is 0 Å². The van der Waals surface area contributed by atoms with E-state index in [-0.39, 0.29) is 64.2 Å². The molecule has 0 aliphatic carbocycles. The number of hydrogen-bond acceptors (Lipinski definition) is 10. The van der Waals surface area contributed by atoms with Crippen LogP contribution in [0.5, 0.6) is 0 Å². The van der Waals surface area contributed by atoms with Gasteiger partial charge in [-0.25, -0.2) is 9.59 Å². The minimum absolute atomic E-state index is 0. The molecule has 25 heavy (non-hydrogen) atoms. The van der Waals surface area contributed by atoms with Crippen molar-refractivity contribution in [2.45, 2.75) is 0 Å². The molecular weight excluding hydrogens is 368 g/mol. The van der Waals surface area contributed by atoms with Gasteiger partial charge >= 0.3 is 49.7 Å². The summed E-state index contributed by atoms with van der Waals surface area (Å²) in [5.74, 6) is -4.31. The predicted molar refractivity (Wildman–Crippen MR) is 79.7 cm³/mol. The summed E-state index contributed by atoms with van der Waals surface area (Å²) >= 11 is 0. The minimum atomic E-state index is -1.43. The zero-order chi connectivity index (χ0) is 18.8. The second-order valence-corrected chi connectivity index (χ2v) is 3.63. The fraction of sp³-hybridized carbons (Fsp3) is 0.429. The van der Waals surface area contributed by atoms with Crippen LogP contribution in [0.4, 0.5) is 0 Å². The van der Waals surface area contributed by atoms with Gasteiger partial charge in [0.2, 0.25) is 0 Å². The molecule has 0 bridgehead atoms. The molecule has 0 aromatic rings. The second kappa shape index (κ2) is 20.6. The Morgan fingerprint density at radius 1 is 0.680 bits per heavy atom. The molecule has 0 saturated heterocycles. The van der Waals surface area contributed by atoms with E-state index in [1.54, 1.807) is 0 Å². The van der Waals surface area contributed by atoms with Crippen LogP contribution < -0.4 is 10.2 Å². The molecule has 136 valence electrons. The zero-order valence-electron chi connectivity index (χ0n) is 13.9. The Balaban J connectivity index is -0.000000372. The Kier molecular flexibility index (Phi) is 23.3. The molecule has 0 aliphatic rings. The molecule has 11 heteroatoms. The molecule has 0 spiro atoms. The van der Waals surface area contributed by atoms with Crippen LogP contribution in [0.1, 0.15) is 0 Å². The number of carbonyl (C=O) groups excluding carboxylic acids is 4. The van der Waals surface area contributed by atoms with Gasteiger partial charge in [-0.15, -0.1) is 0 Å². The summed E-state index contributed by atoms with van der Waals surface area (Å²) in [4.78, 5) is 40.7. The quantitative estimate of drug-likeness (QED) is 0.161. The molecule has 0 heterocycles. The van der Waals surface area contributed by atoms with Crippen LogP contribution in [-0.4, -0.2) is 102 Å². The summed E-state index contributed by atoms with van der Waals surface area (Å²) in [7, 11) is 2.93. The van der Waals surface area contributed by atoms with E-state index in [1.807, 2.05) is 0 Å². The first-order valence-electron chi connectivity index (χ1n) is 6.43. The Morgan fingerprint density at radius 3 is 1.24 bits per heavy atom. The van der Waals surface area contributed by atoms with Gasteiger partial charge in [-0.2, -0.15) is 0 Å². The van der Waals surface area contributed by atoms with Crippen LogP contribution >= 0.6 is 0 Å². The van der Waals surface area contributed by atoms with Gasteiger partial charge in [0, 0.05) is 26.4 Å². The van der Waals surface area contributed by atoms with Gasteiger partial charge in [0.1, 0.15) is 13.2 Å². The number of carboxylic acid groups (broad SMARTS) is 2. The monoisotopic (exact) mass is 386 g/mol. The van der Waals surface area contributed by atoms with Crippen molar-refractivity contribution in [3.63, 3.8) is 0 Å². The Bertz CT molecular complexity index is 417. The molecule has 0 rings (SSSR count). The molecule has 0 fully saturated rings. The summed E-state index contributed by atoms with van der Waals surface area (Å²) in [6.45, 7) is 0.773. The molecule has 0 aliphatic heterocycles. The van der Waals surface area contributed by atoms with Crippen molar-refractivity contribution in [3.8, 4) is 0 Å². The van der Waals surface area contributed by atoms with Crippen molar-refractivity contribution in [2.75, 3.05) is 40.6 Å². The third kappa shape index (κ3) is 27.7. The fourth-order valence-corrected chi connectivity index (χ4v) is 0.820. The molecule has 0 unspecified atom stereocenters. The average Bonchev–Trinajstić information content (AvgIpc) is 2.52. The predicted octanol–water partition coefficient (Wildman–Crippen LogP) is -3.42. The summed E-state index contributed by atoms with van der Waals surface area (Å²) in [6.07, 6.45) is 2.78. The minimum Gasteiger partial charge on any atom is -0.545 e. The molecule has 0 N–H and O–H groups in total. The number of carboxylic acids is 2. The maximum atomic E-state index is 10.6. The molecular formula is C14H18CaO10. The Labute approximate surface area is 174 Å². The van der Waals surface area contributed by atoms with E-state index in [2.05, 4.69) is 18.9 Å². The van der Waals surface area contributed by atoms with Gasteiger partial charge in [0.05, 0.1) is 25.2 Å². The molecule has 0 aromatic heterocycles. The van der Waals surface area contributed by atoms with Crippen molar-refractivity contribution < 1.29 is 48.3 Å². The first-order valence-corrected chi connectivity index (χ1v) is 6.43. The summed E-state index contributed by atoms with van der Waals surface area (Å²) in [5, 5.41) is 19.6. The first-order chi connectivity index (χ1) is 11.3. The van der Waals surface area contributed by atoms with Gasteiger partial charge in [-0.05, 0) is 12.2 Å². The maximum absolute atomic E-state index is 10.6. The van der Waals surface area contributed by atoms with Crippen molar-refractivity contribution >= 4 is 61.6 Å². The number of hydrogen-bond donors (Lipinski definition) is 0. The number of esters is 2. The normalized spacial score (nSPS) is 9.68. The van der Waals surface area contributed by atoms with Gasteiger partial charge < -0.3 is 38.7 Å². The van der Waals surface area contributed by atoms with Crippen LogP contribution in [0.15, 0.2) is 24.3 Å². The van der Waals surface area contributed by atoms with Crippen LogP contribution in [0.25, 0.3) is 0 Å². The van der Waals surface area contributed by atoms with Gasteiger partial charge in [-0.3, -0.25) is 0 Å². The largest absolute Gasteiger partial charge is 2.00 e. The van der Waals surface area contributed by atoms with Crippen LogP contribution in [0, 0.1) is 0 Å². The number of carbonyl (C=O) groups is 4. The van der Waals surface area contributed by atoms with Crippen LogP contribution in [0.3, 0.4) is 0 Å². The molecule has 0 aromatic carbocycles. The van der Waals surface area contributed by atoms with E-state index >= 15 is 0 Å². The van der Waals surface area contributed by atoms with E-state index in [9.17, 15) is 29.4 Å².